The quantitative estimate of drug-likeness (QED) is 0.200. The molecule has 2 aliphatic heterocycles. The summed E-state index contributed by atoms with van der Waals surface area (Å²) in [4.78, 5) is 66.8. The number of imidazole rings is 2. The normalized spacial score (nSPS) is 14.8. The summed E-state index contributed by atoms with van der Waals surface area (Å²) in [7, 11) is 3.28. The number of benzene rings is 2. The highest BCUT2D eigenvalue weighted by molar-refractivity contribution is 5.76. The Morgan fingerprint density at radius 1 is 0.714 bits per heavy atom. The van der Waals surface area contributed by atoms with Crippen LogP contribution >= 0.6 is 0 Å². The molecule has 17 heteroatoms. The molecule has 2 saturated heterocycles. The fraction of sp³-hybridized carbons (Fsp3) is 0.410. The van der Waals surface area contributed by atoms with Gasteiger partial charge in [-0.25, -0.2) is 9.59 Å². The lowest BCUT2D eigenvalue weighted by Crippen LogP contribution is -2.44. The number of hydrogen-bond acceptors (Lipinski definition) is 11. The lowest BCUT2D eigenvalue weighted by Gasteiger charge is -2.28. The summed E-state index contributed by atoms with van der Waals surface area (Å²) < 4.78 is 7.92. The summed E-state index contributed by atoms with van der Waals surface area (Å²) in [5, 5.41) is 16.2. The zero-order valence-electron chi connectivity index (χ0n) is 32.0. The SMILES string of the molecule is CCCn1c(=O)c2c(nc(N3CCNCC3)n2Cc2ccccc2C#N)n(C)c1=O.Cn1c(=O)[nH]c(=O)c2c1nc(N1CCCNCC1)n2Cc1ccccc1. The van der Waals surface area contributed by atoms with Gasteiger partial charge >= 0.3 is 11.4 Å². The van der Waals surface area contributed by atoms with Gasteiger partial charge in [-0.15, -0.1) is 0 Å². The van der Waals surface area contributed by atoms with Gasteiger partial charge in [-0.1, -0.05) is 55.5 Å². The largest absolute Gasteiger partial charge is 0.341 e. The van der Waals surface area contributed by atoms with Crippen LogP contribution in [-0.4, -0.2) is 90.1 Å². The van der Waals surface area contributed by atoms with Gasteiger partial charge in [0, 0.05) is 66.5 Å². The van der Waals surface area contributed by atoms with Gasteiger partial charge < -0.3 is 20.4 Å². The van der Waals surface area contributed by atoms with Gasteiger partial charge in [0.1, 0.15) is 0 Å². The molecule has 0 aliphatic carbocycles. The number of nitriles is 1. The molecule has 4 aromatic heterocycles. The van der Waals surface area contributed by atoms with Gasteiger partial charge in [0.15, 0.2) is 22.3 Å². The molecular weight excluding hydrogens is 715 g/mol. The highest BCUT2D eigenvalue weighted by atomic mass is 16.2. The van der Waals surface area contributed by atoms with E-state index in [-0.39, 0.29) is 11.2 Å². The molecule has 8 rings (SSSR count). The maximum atomic E-state index is 13.3. The first-order chi connectivity index (χ1) is 27.2. The first kappa shape index (κ1) is 38.0. The maximum Gasteiger partial charge on any atom is 0.332 e. The van der Waals surface area contributed by atoms with Crippen molar-refractivity contribution in [1.82, 2.24) is 48.4 Å². The van der Waals surface area contributed by atoms with Crippen LogP contribution in [0.25, 0.3) is 22.3 Å². The second-order valence-electron chi connectivity index (χ2n) is 14.0. The van der Waals surface area contributed by atoms with Crippen molar-refractivity contribution in [3.63, 3.8) is 0 Å². The van der Waals surface area contributed by atoms with Crippen LogP contribution in [0.5, 0.6) is 0 Å². The Bertz CT molecular complexity index is 2630. The van der Waals surface area contributed by atoms with Gasteiger partial charge in [-0.3, -0.25) is 37.4 Å². The first-order valence-corrected chi connectivity index (χ1v) is 19.0. The number of hydrogen-bond donors (Lipinski definition) is 3. The number of aromatic amines is 1. The summed E-state index contributed by atoms with van der Waals surface area (Å²) in [6, 6.07) is 19.5. The van der Waals surface area contributed by atoms with Crippen LogP contribution in [0.4, 0.5) is 11.9 Å². The van der Waals surface area contributed by atoms with Crippen LogP contribution in [0.1, 0.15) is 36.5 Å². The molecule has 17 nitrogen and oxygen atoms in total. The van der Waals surface area contributed by atoms with Crippen molar-refractivity contribution in [3.8, 4) is 6.07 Å². The third kappa shape index (κ3) is 7.40. The van der Waals surface area contributed by atoms with Crippen molar-refractivity contribution in [2.45, 2.75) is 39.4 Å². The highest BCUT2D eigenvalue weighted by Crippen LogP contribution is 2.24. The Balaban J connectivity index is 0.000000173. The average Bonchev–Trinajstić information content (AvgIpc) is 3.66. The Morgan fingerprint density at radius 3 is 2.00 bits per heavy atom. The molecular formula is C39H47N13O4. The van der Waals surface area contributed by atoms with Gasteiger partial charge in [0.05, 0.1) is 24.7 Å². The van der Waals surface area contributed by atoms with Crippen LogP contribution in [-0.2, 0) is 33.7 Å². The number of H-pyrrole nitrogens is 1. The van der Waals surface area contributed by atoms with E-state index in [0.29, 0.717) is 59.9 Å². The van der Waals surface area contributed by atoms with E-state index in [1.54, 1.807) is 20.2 Å². The molecule has 6 aromatic rings. The zero-order valence-corrected chi connectivity index (χ0v) is 32.0. The molecule has 0 atom stereocenters. The highest BCUT2D eigenvalue weighted by Gasteiger charge is 2.26. The summed E-state index contributed by atoms with van der Waals surface area (Å²) in [6.07, 6.45) is 1.68. The van der Waals surface area contributed by atoms with E-state index >= 15 is 0 Å². The summed E-state index contributed by atoms with van der Waals surface area (Å²) in [5.74, 6) is 1.39. The van der Waals surface area contributed by atoms with Crippen molar-refractivity contribution in [3.05, 3.63) is 113 Å². The van der Waals surface area contributed by atoms with Crippen LogP contribution in [0.15, 0.2) is 73.8 Å². The van der Waals surface area contributed by atoms with E-state index in [9.17, 15) is 24.4 Å². The minimum Gasteiger partial charge on any atom is -0.341 e. The number of piperazine rings is 1. The van der Waals surface area contributed by atoms with Crippen molar-refractivity contribution < 1.29 is 0 Å². The van der Waals surface area contributed by atoms with E-state index in [4.69, 9.17) is 9.97 Å². The molecule has 0 amide bonds. The predicted molar refractivity (Wildman–Crippen MR) is 216 cm³/mol. The first-order valence-electron chi connectivity index (χ1n) is 19.0. The lowest BCUT2D eigenvalue weighted by atomic mass is 10.1. The van der Waals surface area contributed by atoms with Gasteiger partial charge in [-0.05, 0) is 36.6 Å². The summed E-state index contributed by atoms with van der Waals surface area (Å²) in [6.45, 7) is 9.78. The molecule has 2 fully saturated rings. The lowest BCUT2D eigenvalue weighted by molar-refractivity contribution is 0.571. The van der Waals surface area contributed by atoms with E-state index in [0.717, 1.165) is 75.9 Å². The van der Waals surface area contributed by atoms with E-state index in [2.05, 4.69) is 31.5 Å². The molecule has 0 unspecified atom stereocenters. The number of fused-ring (bicyclic) bond motifs is 2. The number of aryl methyl sites for hydroxylation is 2. The fourth-order valence-corrected chi connectivity index (χ4v) is 7.40. The Hall–Kier alpha value is -6.25. The molecule has 292 valence electrons. The van der Waals surface area contributed by atoms with Crippen LogP contribution in [0.2, 0.25) is 0 Å². The third-order valence-corrected chi connectivity index (χ3v) is 10.3. The van der Waals surface area contributed by atoms with Crippen LogP contribution in [0.3, 0.4) is 0 Å². The molecule has 2 aromatic carbocycles. The van der Waals surface area contributed by atoms with Gasteiger partial charge in [0.2, 0.25) is 11.9 Å². The van der Waals surface area contributed by atoms with Gasteiger partial charge in [0.25, 0.3) is 11.1 Å². The van der Waals surface area contributed by atoms with E-state index in [1.807, 2.05) is 64.6 Å². The molecule has 0 saturated carbocycles. The Labute approximate surface area is 322 Å². The molecule has 3 N–H and O–H groups in total. The van der Waals surface area contributed by atoms with E-state index in [1.165, 1.54) is 13.7 Å². The molecule has 6 heterocycles. The monoisotopic (exact) mass is 761 g/mol. The minimum absolute atomic E-state index is 0.332. The van der Waals surface area contributed by atoms with Crippen molar-refractivity contribution in [2.24, 2.45) is 14.1 Å². The summed E-state index contributed by atoms with van der Waals surface area (Å²) >= 11 is 0. The molecule has 0 spiro atoms. The standard InChI is InChI=1S/C21H25N7O2.C18H22N6O2/c1-3-10-27-19(29)17-18(25(2)21(27)30)24-20(26-11-8-23-9-12-26)28(17)14-16-7-5-4-6-15(16)13-22;1-22-15-14(16(25)21-18(22)26)24(12-13-6-3-2-4-7-13)17(20-15)23-10-5-8-19-9-11-23/h4-7,23H,3,8-12,14H2,1-2H3;2-4,6-7,19H,5,8-12H2,1H3,(H,21,25,26). The topological polar surface area (TPSA) is 189 Å². The fourth-order valence-electron chi connectivity index (χ4n) is 7.40. The molecule has 0 bridgehead atoms. The van der Waals surface area contributed by atoms with Crippen LogP contribution < -0.4 is 42.9 Å². The molecule has 0 radical (unpaired) electrons. The number of anilines is 2. The smallest absolute Gasteiger partial charge is 0.332 e. The number of nitrogens with zero attached hydrogens (tertiary/aromatic N) is 10. The number of nitrogens with one attached hydrogen (secondary N) is 3. The average molecular weight is 762 g/mol. The Kier molecular flexibility index (Phi) is 11.3. The van der Waals surface area contributed by atoms with Gasteiger partial charge in [-0.2, -0.15) is 15.2 Å². The predicted octanol–water partition coefficient (Wildman–Crippen LogP) is 0.908. The second-order valence-corrected chi connectivity index (χ2v) is 14.0. The Morgan fingerprint density at radius 2 is 1.32 bits per heavy atom. The van der Waals surface area contributed by atoms with Crippen molar-refractivity contribution in [1.29, 1.82) is 5.26 Å². The zero-order chi connectivity index (χ0) is 39.3. The number of aromatic nitrogens is 8. The molecule has 56 heavy (non-hydrogen) atoms. The minimum atomic E-state index is -0.448. The van der Waals surface area contributed by atoms with Crippen molar-refractivity contribution >= 4 is 34.2 Å². The molecule has 2 aliphatic rings. The van der Waals surface area contributed by atoms with Crippen LogP contribution in [0, 0.1) is 11.3 Å². The van der Waals surface area contributed by atoms with Crippen molar-refractivity contribution in [2.75, 3.05) is 62.2 Å². The summed E-state index contributed by atoms with van der Waals surface area (Å²) in [5.41, 5.74) is 2.53. The maximum absolute atomic E-state index is 13.3. The second kappa shape index (κ2) is 16.6. The third-order valence-electron chi connectivity index (χ3n) is 10.3. The number of rotatable bonds is 8. The van der Waals surface area contributed by atoms with E-state index < -0.39 is 11.2 Å².